The summed E-state index contributed by atoms with van der Waals surface area (Å²) in [7, 11) is -9.99. The normalized spacial score (nSPS) is 38.4. The number of Topliss-reactive ketones (excluding diaryl/α,β-unsaturated/α-hetero) is 3. The van der Waals surface area contributed by atoms with Crippen LogP contribution in [0.15, 0.2) is 67.3 Å². The van der Waals surface area contributed by atoms with Gasteiger partial charge in [0, 0.05) is 44.3 Å². The van der Waals surface area contributed by atoms with Gasteiger partial charge in [-0.15, -0.1) is 0 Å². The third-order valence-corrected chi connectivity index (χ3v) is 30.3. The number of phosphoric acid groups is 2. The molecule has 21 rings (SSSR count). The zero-order valence-electron chi connectivity index (χ0n) is 66.8. The third-order valence-electron chi connectivity index (χ3n) is 22.0. The van der Waals surface area contributed by atoms with E-state index in [1.54, 1.807) is 0 Å². The van der Waals surface area contributed by atoms with Crippen molar-refractivity contribution in [3.63, 3.8) is 0 Å². The summed E-state index contributed by atoms with van der Waals surface area (Å²) >= 11 is 20.5. The van der Waals surface area contributed by atoms with Gasteiger partial charge in [-0.2, -0.15) is 15.0 Å². The lowest BCUT2D eigenvalue weighted by molar-refractivity contribution is -0.0670. The first-order valence-electron chi connectivity index (χ1n) is 39.1. The van der Waals surface area contributed by atoms with Crippen LogP contribution in [-0.2, 0) is 139 Å². The molecule has 0 radical (unpaired) electrons. The minimum Gasteiger partial charge on any atom is -0.369 e. The molecule has 0 aromatic carbocycles. The number of alkyl halides is 5. The number of nitrogen functional groups attached to an aromatic ring is 3. The second kappa shape index (κ2) is 36.2. The number of nitrogens with zero attached hydrogens (tertiary/aromatic N) is 18. The van der Waals surface area contributed by atoms with Crippen molar-refractivity contribution in [1.29, 1.82) is 0 Å². The van der Waals surface area contributed by atoms with Gasteiger partial charge >= 0.3 is 42.5 Å². The number of hydrogen-bond donors (Lipinski definition) is 12. The zero-order valence-corrected chi connectivity index (χ0v) is 75.5. The summed E-state index contributed by atoms with van der Waals surface area (Å²) in [5.41, 5.74) is 14.4. The van der Waals surface area contributed by atoms with E-state index in [0.717, 1.165) is 32.7 Å². The molecule has 21 heterocycles. The standard InChI is InChI=1S/2C21H22F2N8O10P2S2.C21H23FN8O12P2/c2*22-10-8-3-36-42(34,44)40-14-9(39-19(11(14)23)30-5-26-12-7(32)1-2-25-16(12)30)4-37-43(35,45)41-15(10)20(38-8)31-6-27-13-17(31)28-21(24)29-18(13)33;22-12-15-11(40-20(12)29-6-25-13-9(31)1-2-24-16(13)29)5-38-43(33,34)41-10-3-8(4-37-44(35,36)42-15)39-19(10)30-7-26-14-17(30)27-21(23)28-18(14)32/h2*2,5-6,8-11,14-15,19-20H,1,3-4H2,(H,34,44)(H,35,45)(H3,24,28,29,33);2,6-8,10-12,15,19-20H,1,3-5H2,(H,33,34)(H,35,36)(H3,23,27,28,32)/t2*8-,9-,10-,11+,14-,15-,19-,20-,42?,43?;8-,10+,11+,12-,15+,19+,20+/m110/s1. The Bertz CT molecular complexity index is 6570. The summed E-state index contributed by atoms with van der Waals surface area (Å²) in [6, 6.07) is 0. The maximum atomic E-state index is 16.0. The van der Waals surface area contributed by atoms with E-state index in [0.29, 0.717) is 0 Å². The second-order valence-corrected chi connectivity index (χ2v) is 44.6. The van der Waals surface area contributed by atoms with Gasteiger partial charge in [-0.05, 0) is 47.2 Å². The molecule has 71 heteroatoms. The van der Waals surface area contributed by atoms with E-state index in [1.165, 1.54) is 51.3 Å². The Hall–Kier alpha value is -8.15. The van der Waals surface area contributed by atoms with Crippen LogP contribution in [0.3, 0.4) is 0 Å². The number of phosphoric ester groups is 2. The highest BCUT2D eigenvalue weighted by atomic mass is 32.5. The number of aromatic nitrogens is 18. The van der Waals surface area contributed by atoms with Crippen LogP contribution in [0.25, 0.3) is 33.5 Å². The third kappa shape index (κ3) is 18.5. The lowest BCUT2D eigenvalue weighted by Gasteiger charge is -2.27. The minimum atomic E-state index is -5.02. The molecular weight excluding hydrogens is 2010 g/mol. The van der Waals surface area contributed by atoms with Gasteiger partial charge in [0.15, 0.2) is 154 Å². The first-order valence-corrected chi connectivity index (χ1v) is 52.5. The number of nitrogens with one attached hydrogen (secondary N) is 3. The molecule has 12 aliphatic rings. The average molecular weight is 2080 g/mol. The van der Waals surface area contributed by atoms with Crippen molar-refractivity contribution in [3.05, 3.63) is 86.1 Å². The first kappa shape index (κ1) is 94.8. The molecule has 12 aliphatic heterocycles. The fourth-order valence-electron chi connectivity index (χ4n) is 16.1. The highest BCUT2D eigenvalue weighted by Gasteiger charge is 2.59. The SMILES string of the molecule is Nc1nc2c(ncn2[C@@H]2O[C@@H]3COP(=O)(O)O[C@H]4[C@H](F)[C@H](n5cnc6c5N=CCC6=O)O[C@@H]4COP(=O)(O)O[C@@H]2C3)c(=O)[nH]1.Nc1nc2c(ncn2[C@@H]2O[C@@H]3COP(O)(=S)O[C@H]4[C@H](F)[C@H](n5cnc6c5N=CCC6=O)O[C@@H]4COP(O)(=S)O[C@@H]2[C@@H]3F)c(=O)[nH]1.Nc1nc2c(ncn2[C@@H]2O[C@@H]3COP(O)(=S)O[C@H]4[C@H](F)[C@H](n5cnc6c5N=CCC6=O)O[C@@H]4COP(O)(=S)O[C@@H]2[C@@H]3F)c(=O)[nH]1. The first-order chi connectivity index (χ1) is 63.5. The number of H-pyrrole nitrogens is 3. The van der Waals surface area contributed by atoms with E-state index in [4.69, 9.17) is 147 Å². The fourth-order valence-corrected chi connectivity index (χ4v) is 23.7. The van der Waals surface area contributed by atoms with Crippen LogP contribution in [0.4, 0.5) is 57.3 Å². The van der Waals surface area contributed by atoms with Gasteiger partial charge in [0.1, 0.15) is 67.1 Å². The lowest BCUT2D eigenvalue weighted by Crippen LogP contribution is -2.34. The van der Waals surface area contributed by atoms with E-state index in [1.807, 2.05) is 0 Å². The predicted octanol–water partition coefficient (Wildman–Crippen LogP) is 1.65. The predicted molar refractivity (Wildman–Crippen MR) is 449 cm³/mol. The molecule has 134 heavy (non-hydrogen) atoms. The van der Waals surface area contributed by atoms with Crippen molar-refractivity contribution in [2.24, 2.45) is 15.0 Å². The second-order valence-electron chi connectivity index (χ2n) is 30.6. The largest absolute Gasteiger partial charge is 0.472 e. The summed E-state index contributed by atoms with van der Waals surface area (Å²) in [6.07, 6.45) is -26.6. The van der Waals surface area contributed by atoms with Crippen molar-refractivity contribution in [2.75, 3.05) is 56.8 Å². The molecule has 720 valence electrons. The van der Waals surface area contributed by atoms with Crippen LogP contribution < -0.4 is 33.9 Å². The maximum Gasteiger partial charge on any atom is 0.472 e. The molecule has 29 atom stereocenters. The van der Waals surface area contributed by atoms with Gasteiger partial charge < -0.3 is 93.1 Å². The molecule has 15 N–H and O–H groups in total. The fraction of sp³-hybridized carbons (Fsp3) is 0.524. The molecular formula is C63H67F5N24O32P6S4. The van der Waals surface area contributed by atoms with Gasteiger partial charge in [-0.3, -0.25) is 107 Å². The van der Waals surface area contributed by atoms with Crippen molar-refractivity contribution >= 4 is 195 Å². The summed E-state index contributed by atoms with van der Waals surface area (Å²) in [6.45, 7) is -21.6. The van der Waals surface area contributed by atoms with Crippen LogP contribution in [0.5, 0.6) is 0 Å². The molecule has 9 aromatic rings. The van der Waals surface area contributed by atoms with E-state index < -0.39 is 240 Å². The van der Waals surface area contributed by atoms with Gasteiger partial charge in [0.05, 0.1) is 83.7 Å². The number of carbonyl (C=O) groups is 3. The van der Waals surface area contributed by atoms with Crippen molar-refractivity contribution in [2.45, 2.75) is 167 Å². The number of hydrogen-bond acceptors (Lipinski definition) is 45. The Morgan fingerprint density at radius 1 is 0.351 bits per heavy atom. The van der Waals surface area contributed by atoms with Crippen LogP contribution in [0.2, 0.25) is 0 Å². The van der Waals surface area contributed by atoms with Crippen molar-refractivity contribution < 1.29 is 158 Å². The number of fused-ring (bicyclic) bond motifs is 15. The number of carbonyl (C=O) groups excluding carboxylic acids is 3. The average Bonchev–Trinajstić information content (AvgIpc) is 1.62. The maximum absolute atomic E-state index is 16.0. The van der Waals surface area contributed by atoms with Crippen LogP contribution >= 0.6 is 42.5 Å². The number of ether oxygens (including phenoxy) is 6. The summed E-state index contributed by atoms with van der Waals surface area (Å²) in [5, 5.41) is 0. The number of halogens is 5. The smallest absolute Gasteiger partial charge is 0.369 e. The van der Waals surface area contributed by atoms with E-state index in [9.17, 15) is 67.3 Å². The van der Waals surface area contributed by atoms with Gasteiger partial charge in [0.2, 0.25) is 17.8 Å². The van der Waals surface area contributed by atoms with E-state index in [2.05, 4.69) is 74.8 Å². The molecule has 6 unspecified atom stereocenters. The molecule has 9 fully saturated rings. The van der Waals surface area contributed by atoms with Gasteiger partial charge in [-0.25, -0.2) is 76.0 Å². The van der Waals surface area contributed by atoms with Crippen molar-refractivity contribution in [3.8, 4) is 0 Å². The summed E-state index contributed by atoms with van der Waals surface area (Å²) in [4.78, 5) is 194. The van der Waals surface area contributed by atoms with E-state index in [-0.39, 0.29) is 129 Å². The van der Waals surface area contributed by atoms with Gasteiger partial charge in [-0.1, -0.05) is 0 Å². The number of rotatable bonds is 6. The molecule has 0 spiro atoms. The van der Waals surface area contributed by atoms with E-state index >= 15 is 22.0 Å². The van der Waals surface area contributed by atoms with Gasteiger partial charge in [0.25, 0.3) is 16.7 Å². The number of ketones is 3. The topological polar surface area (TPSA) is 732 Å². The minimum absolute atomic E-state index is 0.0000917. The Labute approximate surface area is 760 Å². The molecule has 6 bridgehead atoms. The van der Waals surface area contributed by atoms with Crippen LogP contribution in [0.1, 0.15) is 94.5 Å². The monoisotopic (exact) mass is 2080 g/mol. The Morgan fingerprint density at radius 2 is 0.649 bits per heavy atom. The number of aromatic amines is 3. The number of nitrogens with two attached hydrogens (primary N) is 3. The molecule has 0 amide bonds. The lowest BCUT2D eigenvalue weighted by atomic mass is 10.1. The molecule has 0 aliphatic carbocycles. The van der Waals surface area contributed by atoms with Crippen LogP contribution in [0, 0.1) is 0 Å². The zero-order chi connectivity index (χ0) is 94.6. The molecule has 56 nitrogen and oxygen atoms in total. The van der Waals surface area contributed by atoms with Crippen molar-refractivity contribution in [1.82, 2.24) is 87.2 Å². The number of anilines is 3. The number of aliphatic imine (C=N–C) groups is 3. The quantitative estimate of drug-likeness (QED) is 0.0831. The Morgan fingerprint density at radius 3 is 1.01 bits per heavy atom. The van der Waals surface area contributed by atoms with Crippen LogP contribution in [-0.4, -0.2) is 296 Å². The summed E-state index contributed by atoms with van der Waals surface area (Å²) in [5.74, 6) is -1.70. The Kier molecular flexibility index (Phi) is 25.6. The molecule has 9 aromatic heterocycles. The summed E-state index contributed by atoms with van der Waals surface area (Å²) < 4.78 is 212. The Balaban J connectivity index is 0.000000129. The highest BCUT2D eigenvalue weighted by Crippen LogP contribution is 2.60. The molecule has 0 saturated carbocycles. The molecule has 9 saturated heterocycles. The number of imidazole rings is 6. The highest BCUT2D eigenvalue weighted by molar-refractivity contribution is 8.08.